The van der Waals surface area contributed by atoms with Crippen molar-refractivity contribution in [2.75, 3.05) is 26.2 Å². The minimum Gasteiger partial charge on any atom is -0.301 e. The average Bonchev–Trinajstić information content (AvgIpc) is 3.21. The first-order valence-corrected chi connectivity index (χ1v) is 10.9. The summed E-state index contributed by atoms with van der Waals surface area (Å²) < 4.78 is 0. The van der Waals surface area contributed by atoms with Crippen LogP contribution in [0.3, 0.4) is 0 Å². The second kappa shape index (κ2) is 7.66. The van der Waals surface area contributed by atoms with Crippen LogP contribution < -0.4 is 0 Å². The maximum absolute atomic E-state index is 2.72. The van der Waals surface area contributed by atoms with Crippen LogP contribution in [0.25, 0.3) is 0 Å². The fourth-order valence-electron chi connectivity index (χ4n) is 6.82. The van der Waals surface area contributed by atoms with E-state index in [2.05, 4.69) is 51.3 Å². The van der Waals surface area contributed by atoms with Crippen molar-refractivity contribution in [1.82, 2.24) is 9.80 Å². The van der Waals surface area contributed by atoms with Gasteiger partial charge in [-0.05, 0) is 102 Å². The van der Waals surface area contributed by atoms with Gasteiger partial charge in [0.05, 0.1) is 0 Å². The van der Waals surface area contributed by atoms with Gasteiger partial charge in [-0.2, -0.15) is 0 Å². The molecular weight excluding hydrogens is 292 g/mol. The molecule has 6 atom stereocenters. The minimum atomic E-state index is 0.708. The Bertz CT molecular complexity index is 405. The zero-order valence-electron chi connectivity index (χ0n) is 17.2. The van der Waals surface area contributed by atoms with E-state index >= 15 is 0 Å². The lowest BCUT2D eigenvalue weighted by Gasteiger charge is -2.39. The number of rotatable bonds is 8. The van der Waals surface area contributed by atoms with Gasteiger partial charge in [0.15, 0.2) is 0 Å². The van der Waals surface area contributed by atoms with Gasteiger partial charge < -0.3 is 9.80 Å². The molecule has 0 spiro atoms. The van der Waals surface area contributed by atoms with Crippen LogP contribution in [0.2, 0.25) is 0 Å². The Balaban J connectivity index is 1.65. The van der Waals surface area contributed by atoms with E-state index in [9.17, 15) is 0 Å². The molecule has 0 aromatic carbocycles. The van der Waals surface area contributed by atoms with Gasteiger partial charge in [-0.25, -0.2) is 0 Å². The normalized spacial score (nSPS) is 38.2. The third-order valence-electron chi connectivity index (χ3n) is 8.01. The maximum atomic E-state index is 2.72. The van der Waals surface area contributed by atoms with Crippen molar-refractivity contribution in [1.29, 1.82) is 0 Å². The van der Waals surface area contributed by atoms with Gasteiger partial charge in [-0.1, -0.05) is 13.8 Å². The molecule has 6 unspecified atom stereocenters. The molecule has 140 valence electrons. The molecule has 0 aromatic heterocycles. The van der Waals surface area contributed by atoms with Gasteiger partial charge in [0.25, 0.3) is 0 Å². The predicted molar refractivity (Wildman–Crippen MR) is 104 cm³/mol. The van der Waals surface area contributed by atoms with Gasteiger partial charge in [0, 0.05) is 25.2 Å². The molecular formula is C22H42N2. The molecule has 0 saturated heterocycles. The van der Waals surface area contributed by atoms with E-state index in [1.54, 1.807) is 19.3 Å². The van der Waals surface area contributed by atoms with E-state index < -0.39 is 0 Å². The van der Waals surface area contributed by atoms with Crippen molar-refractivity contribution >= 4 is 0 Å². The molecule has 0 radical (unpaired) electrons. The van der Waals surface area contributed by atoms with E-state index in [1.165, 1.54) is 32.6 Å². The molecule has 0 N–H and O–H groups in total. The summed E-state index contributed by atoms with van der Waals surface area (Å²) in [6, 6.07) is 1.42. The van der Waals surface area contributed by atoms with Crippen molar-refractivity contribution in [2.45, 2.75) is 79.3 Å². The monoisotopic (exact) mass is 334 g/mol. The van der Waals surface area contributed by atoms with Crippen LogP contribution in [0, 0.1) is 35.5 Å². The lowest BCUT2D eigenvalue weighted by molar-refractivity contribution is 0.0845. The summed E-state index contributed by atoms with van der Waals surface area (Å²) in [6.45, 7) is 19.4. The van der Waals surface area contributed by atoms with Gasteiger partial charge in [0.2, 0.25) is 0 Å². The first-order valence-electron chi connectivity index (χ1n) is 10.9. The molecule has 3 saturated carbocycles. The van der Waals surface area contributed by atoms with Crippen molar-refractivity contribution < 1.29 is 0 Å². The largest absolute Gasteiger partial charge is 0.301 e. The van der Waals surface area contributed by atoms with Gasteiger partial charge in [0.1, 0.15) is 0 Å². The highest BCUT2D eigenvalue weighted by Crippen LogP contribution is 2.63. The highest BCUT2D eigenvalue weighted by molar-refractivity contribution is 5.06. The first kappa shape index (κ1) is 18.7. The zero-order chi connectivity index (χ0) is 17.4. The second-order valence-electron chi connectivity index (χ2n) is 9.60. The van der Waals surface area contributed by atoms with Crippen molar-refractivity contribution in [2.24, 2.45) is 35.5 Å². The third-order valence-corrected chi connectivity index (χ3v) is 8.01. The lowest BCUT2D eigenvalue weighted by atomic mass is 9.72. The molecule has 3 aliphatic rings. The Hall–Kier alpha value is -0.0800. The predicted octanol–water partition coefficient (Wildman–Crippen LogP) is 4.75. The number of hydrogen-bond acceptors (Lipinski definition) is 2. The number of nitrogens with zero attached hydrogens (tertiary/aromatic N) is 2. The molecule has 3 aliphatic carbocycles. The van der Waals surface area contributed by atoms with E-state index in [0.29, 0.717) is 12.1 Å². The molecule has 2 nitrogen and oxygen atoms in total. The molecule has 3 fully saturated rings. The molecule has 2 bridgehead atoms. The zero-order valence-corrected chi connectivity index (χ0v) is 17.2. The highest BCUT2D eigenvalue weighted by atomic mass is 15.2. The van der Waals surface area contributed by atoms with Crippen LogP contribution in [-0.2, 0) is 0 Å². The second-order valence-corrected chi connectivity index (χ2v) is 9.60. The number of hydrogen-bond donors (Lipinski definition) is 0. The quantitative estimate of drug-likeness (QED) is 0.632. The van der Waals surface area contributed by atoms with E-state index in [0.717, 1.165) is 35.5 Å². The summed E-state index contributed by atoms with van der Waals surface area (Å²) in [6.07, 6.45) is 6.17. The molecule has 24 heavy (non-hydrogen) atoms. The topological polar surface area (TPSA) is 6.48 Å². The van der Waals surface area contributed by atoms with Crippen molar-refractivity contribution in [3.8, 4) is 0 Å². The van der Waals surface area contributed by atoms with Crippen LogP contribution in [0.5, 0.6) is 0 Å². The minimum absolute atomic E-state index is 0.708. The Kier molecular flexibility index (Phi) is 5.97. The highest BCUT2D eigenvalue weighted by Gasteiger charge is 2.57. The van der Waals surface area contributed by atoms with Crippen LogP contribution >= 0.6 is 0 Å². The Morgan fingerprint density at radius 3 is 1.88 bits per heavy atom. The molecule has 0 amide bonds. The third kappa shape index (κ3) is 3.43. The summed E-state index contributed by atoms with van der Waals surface area (Å²) in [7, 11) is 0. The molecule has 3 rings (SSSR count). The Labute approximate surface area is 151 Å². The SMILES string of the molecule is CCN(CC1CC2CC1C1C(CN(CC)C(C)C)CCC21)C(C)C. The van der Waals surface area contributed by atoms with Gasteiger partial charge in [-0.15, -0.1) is 0 Å². The standard InChI is InChI=1S/C22H42N2/c1-7-23(15(3)4)13-17-9-10-20-18-11-19(21(12-18)22(17)20)14-24(8-2)16(5)6/h15-22H,7-14H2,1-6H3. The smallest absolute Gasteiger partial charge is 0.00385 e. The summed E-state index contributed by atoms with van der Waals surface area (Å²) in [5.74, 6) is 6.27. The summed E-state index contributed by atoms with van der Waals surface area (Å²) in [5, 5.41) is 0. The van der Waals surface area contributed by atoms with E-state index in [4.69, 9.17) is 0 Å². The molecule has 0 aliphatic heterocycles. The fraction of sp³-hybridized carbons (Fsp3) is 1.00. The van der Waals surface area contributed by atoms with Crippen LogP contribution in [-0.4, -0.2) is 48.1 Å². The van der Waals surface area contributed by atoms with Crippen LogP contribution in [0.15, 0.2) is 0 Å². The lowest BCUT2D eigenvalue weighted by Crippen LogP contribution is -2.42. The Morgan fingerprint density at radius 2 is 1.33 bits per heavy atom. The molecule has 0 aromatic rings. The van der Waals surface area contributed by atoms with Crippen LogP contribution in [0.4, 0.5) is 0 Å². The van der Waals surface area contributed by atoms with Crippen molar-refractivity contribution in [3.63, 3.8) is 0 Å². The van der Waals surface area contributed by atoms with Crippen molar-refractivity contribution in [3.05, 3.63) is 0 Å². The van der Waals surface area contributed by atoms with E-state index in [-0.39, 0.29) is 0 Å². The first-order chi connectivity index (χ1) is 11.5. The number of fused-ring (bicyclic) bond motifs is 5. The average molecular weight is 335 g/mol. The molecule has 0 heterocycles. The van der Waals surface area contributed by atoms with Gasteiger partial charge in [-0.3, -0.25) is 0 Å². The summed E-state index contributed by atoms with van der Waals surface area (Å²) in [4.78, 5) is 5.44. The molecule has 2 heteroatoms. The summed E-state index contributed by atoms with van der Waals surface area (Å²) in [5.41, 5.74) is 0. The fourth-order valence-corrected chi connectivity index (χ4v) is 6.82. The Morgan fingerprint density at radius 1 is 0.750 bits per heavy atom. The summed E-state index contributed by atoms with van der Waals surface area (Å²) >= 11 is 0. The van der Waals surface area contributed by atoms with Crippen LogP contribution in [0.1, 0.15) is 67.2 Å². The van der Waals surface area contributed by atoms with E-state index in [1.807, 2.05) is 0 Å². The van der Waals surface area contributed by atoms with Gasteiger partial charge >= 0.3 is 0 Å². The maximum Gasteiger partial charge on any atom is 0.00385 e.